The first-order valence-corrected chi connectivity index (χ1v) is 11.8. The highest BCUT2D eigenvalue weighted by atomic mass is 19.1. The summed E-state index contributed by atoms with van der Waals surface area (Å²) in [5, 5.41) is 6.20. The molecule has 0 amide bonds. The van der Waals surface area contributed by atoms with Crippen LogP contribution in [0.2, 0.25) is 0 Å². The van der Waals surface area contributed by atoms with E-state index in [9.17, 15) is 13.6 Å². The second kappa shape index (κ2) is 9.95. The van der Waals surface area contributed by atoms with Crippen LogP contribution < -0.4 is 16.4 Å². The van der Waals surface area contributed by atoms with Crippen molar-refractivity contribution < 1.29 is 18.3 Å². The lowest BCUT2D eigenvalue weighted by Crippen LogP contribution is -2.33. The average molecular weight is 484 g/mol. The zero-order valence-electron chi connectivity index (χ0n) is 19.1. The quantitative estimate of drug-likeness (QED) is 0.341. The summed E-state index contributed by atoms with van der Waals surface area (Å²) in [6.07, 6.45) is 10.4. The van der Waals surface area contributed by atoms with E-state index < -0.39 is 11.6 Å². The molecule has 0 aliphatic heterocycles. The maximum Gasteiger partial charge on any atom is 0.319 e. The number of rotatable bonds is 7. The van der Waals surface area contributed by atoms with Gasteiger partial charge in [0.1, 0.15) is 28.9 Å². The van der Waals surface area contributed by atoms with Crippen LogP contribution in [0.4, 0.5) is 26.4 Å². The van der Waals surface area contributed by atoms with Gasteiger partial charge in [0, 0.05) is 6.04 Å². The lowest BCUT2D eigenvalue weighted by molar-refractivity contribution is -0.148. The lowest BCUT2D eigenvalue weighted by Gasteiger charge is -2.28. The van der Waals surface area contributed by atoms with Gasteiger partial charge in [-0.2, -0.15) is 4.98 Å². The summed E-state index contributed by atoms with van der Waals surface area (Å²) in [7, 11) is 0. The van der Waals surface area contributed by atoms with Crippen LogP contribution in [0.1, 0.15) is 44.6 Å². The molecular weight excluding hydrogens is 456 g/mol. The summed E-state index contributed by atoms with van der Waals surface area (Å²) in [5.41, 5.74) is 6.16. The number of nitrogens with one attached hydrogen (secondary N) is 2. The smallest absolute Gasteiger partial charge is 0.319 e. The number of anilines is 3. The molecule has 0 bridgehead atoms. The van der Waals surface area contributed by atoms with E-state index in [0.29, 0.717) is 23.1 Å². The Bertz CT molecular complexity index is 1230. The molecule has 1 saturated carbocycles. The van der Waals surface area contributed by atoms with E-state index in [2.05, 4.69) is 26.7 Å². The number of halogens is 2. The molecule has 5 rings (SSSR count). The molecule has 3 aromatic rings. The molecule has 1 unspecified atom stereocenters. The lowest BCUT2D eigenvalue weighted by atomic mass is 9.93. The Labute approximate surface area is 200 Å². The first-order valence-electron chi connectivity index (χ1n) is 11.8. The van der Waals surface area contributed by atoms with Crippen LogP contribution in [0, 0.1) is 11.6 Å². The van der Waals surface area contributed by atoms with Crippen molar-refractivity contribution in [2.45, 2.75) is 56.7 Å². The largest absolute Gasteiger partial charge is 0.461 e. The van der Waals surface area contributed by atoms with Crippen molar-refractivity contribution >= 4 is 34.7 Å². The molecule has 9 nitrogen and oxygen atoms in total. The fraction of sp³-hybridized carbons (Fsp3) is 0.417. The van der Waals surface area contributed by atoms with Crippen molar-refractivity contribution in [1.82, 2.24) is 19.5 Å². The van der Waals surface area contributed by atoms with Gasteiger partial charge >= 0.3 is 5.97 Å². The van der Waals surface area contributed by atoms with Gasteiger partial charge in [-0.3, -0.25) is 9.36 Å². The molecule has 1 atom stereocenters. The van der Waals surface area contributed by atoms with E-state index in [1.54, 1.807) is 6.20 Å². The number of carbonyl (C=O) groups excluding carboxylic acids is 1. The van der Waals surface area contributed by atoms with Gasteiger partial charge in [-0.05, 0) is 50.7 Å². The number of hydrogen-bond acceptors (Lipinski definition) is 8. The van der Waals surface area contributed by atoms with Gasteiger partial charge < -0.3 is 21.1 Å². The van der Waals surface area contributed by atoms with Crippen LogP contribution in [-0.2, 0) is 9.53 Å². The van der Waals surface area contributed by atoms with Crippen molar-refractivity contribution in [2.24, 2.45) is 5.73 Å². The van der Waals surface area contributed by atoms with Crippen LogP contribution >= 0.6 is 0 Å². The Kier molecular flexibility index (Phi) is 6.58. The minimum atomic E-state index is -0.702. The third kappa shape index (κ3) is 4.95. The first kappa shape index (κ1) is 23.2. The predicted molar refractivity (Wildman–Crippen MR) is 127 cm³/mol. The normalized spacial score (nSPS) is 21.9. The molecule has 2 heterocycles. The van der Waals surface area contributed by atoms with E-state index >= 15 is 0 Å². The van der Waals surface area contributed by atoms with Crippen LogP contribution in [-0.4, -0.2) is 44.2 Å². The number of allylic oxidation sites excluding steroid dienone is 2. The molecule has 1 aromatic carbocycles. The van der Waals surface area contributed by atoms with Gasteiger partial charge in [-0.1, -0.05) is 18.2 Å². The molecule has 2 aliphatic carbocycles. The summed E-state index contributed by atoms with van der Waals surface area (Å²) in [5.74, 6) is -1.04. The average Bonchev–Trinajstić information content (AvgIpc) is 3.50. The topological polar surface area (TPSA) is 120 Å². The molecule has 0 spiro atoms. The predicted octanol–water partition coefficient (Wildman–Crippen LogP) is 3.96. The zero-order chi connectivity index (χ0) is 24.4. The highest BCUT2D eigenvalue weighted by Crippen LogP contribution is 2.33. The second-order valence-corrected chi connectivity index (χ2v) is 8.81. The maximum absolute atomic E-state index is 14.3. The van der Waals surface area contributed by atoms with Gasteiger partial charge in [0.2, 0.25) is 11.9 Å². The van der Waals surface area contributed by atoms with Crippen LogP contribution in [0.25, 0.3) is 11.2 Å². The number of imidazole rings is 1. The van der Waals surface area contributed by atoms with Crippen LogP contribution in [0.5, 0.6) is 0 Å². The number of carbonyl (C=O) groups is 1. The molecule has 2 aliphatic rings. The molecule has 0 radical (unpaired) electrons. The van der Waals surface area contributed by atoms with Crippen molar-refractivity contribution in [3.8, 4) is 0 Å². The molecule has 184 valence electrons. The van der Waals surface area contributed by atoms with Crippen molar-refractivity contribution in [1.29, 1.82) is 0 Å². The third-order valence-corrected chi connectivity index (χ3v) is 6.42. The molecule has 0 saturated heterocycles. The second-order valence-electron chi connectivity index (χ2n) is 8.81. The number of benzene rings is 1. The van der Waals surface area contributed by atoms with Crippen molar-refractivity contribution in [2.75, 3.05) is 17.2 Å². The number of hydrogen-bond donors (Lipinski definition) is 3. The molecule has 1 fully saturated rings. The van der Waals surface area contributed by atoms with Gasteiger partial charge in [-0.15, -0.1) is 0 Å². The highest BCUT2D eigenvalue weighted by Gasteiger charge is 2.26. The standard InChI is InChI=1S/C24H27F2N7O2/c25-17-6-3-7-18(26)21(17)31-24-30-19-13-28-23(32-22(19)33(24)15-4-1-2-5-15)29-14-8-10-16(11-9-14)35-20(34)12-27/h1,3-4,6-7,13-16H,2,5,8-12,27H2,(H,30,31)(H,28,29,32). The number of nitrogens with two attached hydrogens (primary N) is 1. The fourth-order valence-electron chi connectivity index (χ4n) is 4.67. The fourth-order valence-corrected chi connectivity index (χ4v) is 4.67. The van der Waals surface area contributed by atoms with E-state index in [1.165, 1.54) is 18.2 Å². The highest BCUT2D eigenvalue weighted by molar-refractivity contribution is 5.77. The molecular formula is C24H27F2N7O2. The van der Waals surface area contributed by atoms with E-state index in [0.717, 1.165) is 38.5 Å². The van der Waals surface area contributed by atoms with E-state index in [1.807, 2.05) is 10.6 Å². The summed E-state index contributed by atoms with van der Waals surface area (Å²) < 4.78 is 35.8. The van der Waals surface area contributed by atoms with Gasteiger partial charge in [0.05, 0.1) is 18.8 Å². The minimum absolute atomic E-state index is 0.0484. The van der Waals surface area contributed by atoms with Crippen LogP contribution in [0.15, 0.2) is 36.5 Å². The summed E-state index contributed by atoms with van der Waals surface area (Å²) in [4.78, 5) is 25.1. The molecule has 35 heavy (non-hydrogen) atoms. The van der Waals surface area contributed by atoms with E-state index in [-0.39, 0.29) is 36.4 Å². The van der Waals surface area contributed by atoms with Gasteiger partial charge in [-0.25, -0.2) is 18.7 Å². The van der Waals surface area contributed by atoms with Crippen molar-refractivity contribution in [3.63, 3.8) is 0 Å². The number of para-hydroxylation sites is 1. The third-order valence-electron chi connectivity index (χ3n) is 6.42. The minimum Gasteiger partial charge on any atom is -0.461 e. The number of nitrogens with zero attached hydrogens (tertiary/aromatic N) is 4. The number of aromatic nitrogens is 4. The molecule has 4 N–H and O–H groups in total. The van der Waals surface area contributed by atoms with E-state index in [4.69, 9.17) is 15.5 Å². The van der Waals surface area contributed by atoms with Crippen LogP contribution in [0.3, 0.4) is 0 Å². The summed E-state index contributed by atoms with van der Waals surface area (Å²) >= 11 is 0. The monoisotopic (exact) mass is 483 g/mol. The first-order chi connectivity index (χ1) is 17.0. The SMILES string of the molecule is NCC(=O)OC1CCC(Nc2ncc3nc(Nc4c(F)cccc4F)n(C4C=CCC4)c3n2)CC1. The Hall–Kier alpha value is -3.60. The zero-order valence-corrected chi connectivity index (χ0v) is 19.1. The Morgan fingerprint density at radius 1 is 1.14 bits per heavy atom. The molecule has 2 aromatic heterocycles. The Morgan fingerprint density at radius 3 is 2.60 bits per heavy atom. The summed E-state index contributed by atoms with van der Waals surface area (Å²) in [6, 6.07) is 3.79. The number of fused-ring (bicyclic) bond motifs is 1. The summed E-state index contributed by atoms with van der Waals surface area (Å²) in [6.45, 7) is -0.115. The van der Waals surface area contributed by atoms with Gasteiger partial charge in [0.25, 0.3) is 0 Å². The van der Waals surface area contributed by atoms with Gasteiger partial charge in [0.15, 0.2) is 5.65 Å². The van der Waals surface area contributed by atoms with Crippen molar-refractivity contribution in [3.05, 3.63) is 48.2 Å². The Balaban J connectivity index is 1.39. The maximum atomic E-state index is 14.3. The molecule has 11 heteroatoms. The Morgan fingerprint density at radius 2 is 1.91 bits per heavy atom. The number of ether oxygens (including phenoxy) is 1. The number of esters is 1.